The molecule has 0 bridgehead atoms. The Morgan fingerprint density at radius 2 is 1.90 bits per heavy atom. The van der Waals surface area contributed by atoms with Crippen LogP contribution < -0.4 is 10.4 Å². The molecule has 2 rings (SSSR count). The molecule has 1 aromatic carbocycles. The first-order valence-electron chi connectivity index (χ1n) is 6.12. The van der Waals surface area contributed by atoms with Crippen LogP contribution >= 0.6 is 0 Å². The topological polar surface area (TPSA) is 82.1 Å². The van der Waals surface area contributed by atoms with Gasteiger partial charge < -0.3 is 15.2 Å². The number of carbonyl (C=O) groups is 2. The van der Waals surface area contributed by atoms with Crippen LogP contribution in [0, 0.1) is 0 Å². The van der Waals surface area contributed by atoms with Crippen molar-refractivity contribution in [1.29, 1.82) is 0 Å². The van der Waals surface area contributed by atoms with Gasteiger partial charge in [-0.25, -0.2) is 0 Å². The highest BCUT2D eigenvalue weighted by Crippen LogP contribution is 2.19. The number of carbonyl (C=O) groups excluding carboxylic acids is 2. The van der Waals surface area contributed by atoms with E-state index in [0.717, 1.165) is 0 Å². The molecule has 1 N–H and O–H groups in total. The fraction of sp³-hybridized carbons (Fsp3) is 0.133. The minimum Gasteiger partial charge on any atom is -0.549 e. The van der Waals surface area contributed by atoms with Crippen LogP contribution in [-0.4, -0.2) is 16.9 Å². The molecule has 1 aromatic heterocycles. The second kappa shape index (κ2) is 6.47. The Labute approximate surface area is 116 Å². The largest absolute Gasteiger partial charge is 0.549 e. The molecule has 0 saturated heterocycles. The van der Waals surface area contributed by atoms with Crippen molar-refractivity contribution in [2.45, 2.75) is 12.3 Å². The van der Waals surface area contributed by atoms with E-state index >= 15 is 0 Å². The third kappa shape index (κ3) is 3.65. The Kier molecular flexibility index (Phi) is 4.44. The minimum atomic E-state index is -1.27. The predicted octanol–water partition coefficient (Wildman–Crippen LogP) is 0.944. The maximum atomic E-state index is 11.9. The highest BCUT2D eigenvalue weighted by Gasteiger charge is 2.17. The molecule has 0 aliphatic heterocycles. The molecule has 0 spiro atoms. The van der Waals surface area contributed by atoms with E-state index < -0.39 is 17.8 Å². The number of carboxylic acids is 1. The highest BCUT2D eigenvalue weighted by atomic mass is 16.4. The number of nitrogens with one attached hydrogen (secondary N) is 1. The van der Waals surface area contributed by atoms with E-state index in [1.165, 1.54) is 6.20 Å². The first-order chi connectivity index (χ1) is 9.66. The average Bonchev–Trinajstić information content (AvgIpc) is 2.46. The Hall–Kier alpha value is -2.69. The van der Waals surface area contributed by atoms with Gasteiger partial charge in [0.1, 0.15) is 0 Å². The molecular weight excluding hydrogens is 256 g/mol. The van der Waals surface area contributed by atoms with Crippen molar-refractivity contribution < 1.29 is 14.7 Å². The van der Waals surface area contributed by atoms with Crippen molar-refractivity contribution >= 4 is 17.6 Å². The van der Waals surface area contributed by atoms with Gasteiger partial charge in [0, 0.05) is 24.5 Å². The zero-order valence-electron chi connectivity index (χ0n) is 10.7. The van der Waals surface area contributed by atoms with E-state index in [-0.39, 0.29) is 6.42 Å². The lowest BCUT2D eigenvalue weighted by atomic mass is 9.95. The van der Waals surface area contributed by atoms with E-state index in [4.69, 9.17) is 0 Å². The van der Waals surface area contributed by atoms with Crippen LogP contribution in [0.3, 0.4) is 0 Å². The van der Waals surface area contributed by atoms with Crippen molar-refractivity contribution in [3.63, 3.8) is 0 Å². The summed E-state index contributed by atoms with van der Waals surface area (Å²) in [6, 6.07) is 11.9. The van der Waals surface area contributed by atoms with E-state index in [1.807, 2.05) is 0 Å². The number of anilines is 1. The number of amides is 1. The molecule has 0 fully saturated rings. The van der Waals surface area contributed by atoms with Crippen molar-refractivity contribution in [3.8, 4) is 0 Å². The van der Waals surface area contributed by atoms with Gasteiger partial charge in [0.25, 0.3) is 0 Å². The smallest absolute Gasteiger partial charge is 0.225 e. The highest BCUT2D eigenvalue weighted by molar-refractivity contribution is 5.94. The van der Waals surface area contributed by atoms with Crippen LogP contribution in [0.25, 0.3) is 0 Å². The van der Waals surface area contributed by atoms with Crippen LogP contribution in [0.4, 0.5) is 5.69 Å². The van der Waals surface area contributed by atoms with Gasteiger partial charge in [-0.15, -0.1) is 0 Å². The lowest BCUT2D eigenvalue weighted by molar-refractivity contribution is -0.308. The molecule has 5 heteroatoms. The zero-order chi connectivity index (χ0) is 14.4. The van der Waals surface area contributed by atoms with Gasteiger partial charge in [0.2, 0.25) is 5.91 Å². The minimum absolute atomic E-state index is 0.179. The number of pyridine rings is 1. The summed E-state index contributed by atoms with van der Waals surface area (Å²) in [6.45, 7) is 0. The molecule has 1 amide bonds. The van der Waals surface area contributed by atoms with Crippen LogP contribution in [0.15, 0.2) is 54.9 Å². The van der Waals surface area contributed by atoms with Gasteiger partial charge in [-0.05, 0) is 17.7 Å². The van der Waals surface area contributed by atoms with Gasteiger partial charge in [0.05, 0.1) is 11.9 Å². The number of aromatic nitrogens is 1. The molecule has 0 aliphatic rings. The third-order valence-electron chi connectivity index (χ3n) is 2.82. The van der Waals surface area contributed by atoms with Crippen LogP contribution in [0.1, 0.15) is 17.9 Å². The lowest BCUT2D eigenvalue weighted by Crippen LogP contribution is -2.32. The first-order valence-corrected chi connectivity index (χ1v) is 6.12. The summed E-state index contributed by atoms with van der Waals surface area (Å²) >= 11 is 0. The predicted molar refractivity (Wildman–Crippen MR) is 71.7 cm³/mol. The molecule has 2 aromatic rings. The van der Waals surface area contributed by atoms with Crippen LogP contribution in [0.2, 0.25) is 0 Å². The standard InChI is InChI=1S/C15H14N2O3/c18-14(17-12-7-4-8-16-10-12)9-13(15(19)20)11-5-2-1-3-6-11/h1-8,10,13H,9H2,(H,17,18)(H,19,20)/p-1/t13-/m1/s1. The SMILES string of the molecule is O=C(C[C@@H](C(=O)[O-])c1ccccc1)Nc1cccnc1. The molecule has 0 radical (unpaired) electrons. The number of hydrogen-bond acceptors (Lipinski definition) is 4. The van der Waals surface area contributed by atoms with Gasteiger partial charge in [-0.2, -0.15) is 0 Å². The summed E-state index contributed by atoms with van der Waals surface area (Å²) in [6.07, 6.45) is 2.90. The normalized spacial score (nSPS) is 11.6. The summed E-state index contributed by atoms with van der Waals surface area (Å²) in [5.74, 6) is -2.62. The van der Waals surface area contributed by atoms with Crippen molar-refractivity contribution in [2.24, 2.45) is 0 Å². The second-order valence-corrected chi connectivity index (χ2v) is 4.28. The molecule has 5 nitrogen and oxygen atoms in total. The second-order valence-electron chi connectivity index (χ2n) is 4.28. The summed E-state index contributed by atoms with van der Waals surface area (Å²) in [5, 5.41) is 13.8. The quantitative estimate of drug-likeness (QED) is 0.875. The first kappa shape index (κ1) is 13.7. The van der Waals surface area contributed by atoms with Crippen LogP contribution in [-0.2, 0) is 9.59 Å². The lowest BCUT2D eigenvalue weighted by Gasteiger charge is -2.18. The van der Waals surface area contributed by atoms with Crippen molar-refractivity contribution in [1.82, 2.24) is 4.98 Å². The number of aliphatic carboxylic acids is 1. The molecule has 0 aliphatic carbocycles. The molecular formula is C15H13N2O3-. The number of benzene rings is 1. The maximum absolute atomic E-state index is 11.9. The summed E-state index contributed by atoms with van der Waals surface area (Å²) in [5.41, 5.74) is 1.08. The average molecular weight is 269 g/mol. The molecule has 102 valence electrons. The summed E-state index contributed by atoms with van der Waals surface area (Å²) in [4.78, 5) is 26.9. The Balaban J connectivity index is 2.06. The van der Waals surface area contributed by atoms with E-state index in [9.17, 15) is 14.7 Å². The Bertz CT molecular complexity index is 585. The number of rotatable bonds is 5. The van der Waals surface area contributed by atoms with E-state index in [2.05, 4.69) is 10.3 Å². The fourth-order valence-electron chi connectivity index (χ4n) is 1.86. The van der Waals surface area contributed by atoms with Crippen molar-refractivity contribution in [2.75, 3.05) is 5.32 Å². The van der Waals surface area contributed by atoms with Gasteiger partial charge in [0.15, 0.2) is 0 Å². The number of nitrogens with zero attached hydrogens (tertiary/aromatic N) is 1. The molecule has 0 saturated carbocycles. The third-order valence-corrected chi connectivity index (χ3v) is 2.82. The number of carboxylic acid groups (broad SMARTS) is 1. The summed E-state index contributed by atoms with van der Waals surface area (Å²) < 4.78 is 0. The zero-order valence-corrected chi connectivity index (χ0v) is 10.7. The molecule has 0 unspecified atom stereocenters. The van der Waals surface area contributed by atoms with Gasteiger partial charge in [-0.3, -0.25) is 9.78 Å². The van der Waals surface area contributed by atoms with Gasteiger partial charge >= 0.3 is 0 Å². The van der Waals surface area contributed by atoms with Gasteiger partial charge in [-0.1, -0.05) is 30.3 Å². The maximum Gasteiger partial charge on any atom is 0.225 e. The molecule has 1 atom stereocenters. The van der Waals surface area contributed by atoms with E-state index in [0.29, 0.717) is 11.3 Å². The number of hydrogen-bond donors (Lipinski definition) is 1. The Morgan fingerprint density at radius 1 is 1.15 bits per heavy atom. The molecule has 20 heavy (non-hydrogen) atoms. The fourth-order valence-corrected chi connectivity index (χ4v) is 1.86. The molecule has 1 heterocycles. The monoisotopic (exact) mass is 269 g/mol. The Morgan fingerprint density at radius 3 is 2.50 bits per heavy atom. The van der Waals surface area contributed by atoms with E-state index in [1.54, 1.807) is 48.7 Å². The van der Waals surface area contributed by atoms with Crippen molar-refractivity contribution in [3.05, 3.63) is 60.4 Å². The van der Waals surface area contributed by atoms with Crippen LogP contribution in [0.5, 0.6) is 0 Å². The summed E-state index contributed by atoms with van der Waals surface area (Å²) in [7, 11) is 0.